The number of nitrogens with one attached hydrogen (secondary N) is 1. The van der Waals surface area contributed by atoms with Crippen molar-refractivity contribution in [2.24, 2.45) is 0 Å². The fraction of sp³-hybridized carbons (Fsp3) is 0.273. The second kappa shape index (κ2) is 7.16. The molecule has 0 fully saturated rings. The highest BCUT2D eigenvalue weighted by Gasteiger charge is 2.34. The van der Waals surface area contributed by atoms with Crippen molar-refractivity contribution in [1.29, 1.82) is 0 Å². The quantitative estimate of drug-likeness (QED) is 0.913. The summed E-state index contributed by atoms with van der Waals surface area (Å²) in [6.45, 7) is 0.514. The lowest BCUT2D eigenvalue weighted by molar-refractivity contribution is -0.122. The first-order valence-electron chi connectivity index (χ1n) is 9.03. The average molecular weight is 347 g/mol. The van der Waals surface area contributed by atoms with E-state index in [1.54, 1.807) is 0 Å². The summed E-state index contributed by atoms with van der Waals surface area (Å²) in [5.41, 5.74) is 3.73. The van der Waals surface area contributed by atoms with Crippen molar-refractivity contribution in [1.82, 2.24) is 5.32 Å². The molecule has 1 unspecified atom stereocenters. The Balaban J connectivity index is 1.52. The standard InChI is InChI=1S/C22H21NO3/c24-20-8-4-7-19-22(20)18(13-21(25)23-19)16-9-11-17(12-10-16)26-14-15-5-2-1-3-6-15/h1-3,5-6,9-12,18H,4,7-8,13-14H2,(H,23,25). The van der Waals surface area contributed by atoms with Crippen LogP contribution in [0.4, 0.5) is 0 Å². The van der Waals surface area contributed by atoms with Gasteiger partial charge in [-0.25, -0.2) is 0 Å². The molecule has 1 aliphatic carbocycles. The van der Waals surface area contributed by atoms with Crippen molar-refractivity contribution in [3.63, 3.8) is 0 Å². The van der Waals surface area contributed by atoms with Crippen molar-refractivity contribution in [3.8, 4) is 5.75 Å². The molecule has 1 aliphatic heterocycles. The summed E-state index contributed by atoms with van der Waals surface area (Å²) < 4.78 is 5.83. The van der Waals surface area contributed by atoms with Gasteiger partial charge in [0.05, 0.1) is 0 Å². The largest absolute Gasteiger partial charge is 0.489 e. The van der Waals surface area contributed by atoms with E-state index in [0.29, 0.717) is 19.4 Å². The minimum atomic E-state index is -0.144. The van der Waals surface area contributed by atoms with E-state index >= 15 is 0 Å². The van der Waals surface area contributed by atoms with Crippen molar-refractivity contribution < 1.29 is 14.3 Å². The van der Waals surface area contributed by atoms with Crippen LogP contribution in [-0.2, 0) is 16.2 Å². The number of carbonyl (C=O) groups is 2. The fourth-order valence-electron chi connectivity index (χ4n) is 3.73. The van der Waals surface area contributed by atoms with Gasteiger partial charge >= 0.3 is 0 Å². The van der Waals surface area contributed by atoms with Crippen LogP contribution >= 0.6 is 0 Å². The van der Waals surface area contributed by atoms with Crippen LogP contribution in [0, 0.1) is 0 Å². The highest BCUT2D eigenvalue weighted by Crippen LogP contribution is 2.38. The molecule has 0 saturated carbocycles. The van der Waals surface area contributed by atoms with Crippen molar-refractivity contribution in [3.05, 3.63) is 77.0 Å². The Morgan fingerprint density at radius 1 is 0.962 bits per heavy atom. The van der Waals surface area contributed by atoms with Crippen LogP contribution in [0.2, 0.25) is 0 Å². The van der Waals surface area contributed by atoms with Crippen LogP contribution in [0.1, 0.15) is 42.7 Å². The molecule has 1 atom stereocenters. The average Bonchev–Trinajstić information content (AvgIpc) is 2.67. The monoisotopic (exact) mass is 347 g/mol. The smallest absolute Gasteiger partial charge is 0.225 e. The van der Waals surface area contributed by atoms with Gasteiger partial charge in [-0.3, -0.25) is 9.59 Å². The molecule has 132 valence electrons. The first-order chi connectivity index (χ1) is 12.7. The van der Waals surface area contributed by atoms with E-state index in [-0.39, 0.29) is 17.6 Å². The van der Waals surface area contributed by atoms with Gasteiger partial charge in [0.25, 0.3) is 0 Å². The molecule has 2 aromatic rings. The lowest BCUT2D eigenvalue weighted by atomic mass is 9.78. The summed E-state index contributed by atoms with van der Waals surface area (Å²) in [7, 11) is 0. The van der Waals surface area contributed by atoms with Gasteiger partial charge in [0.2, 0.25) is 5.91 Å². The Labute approximate surface area is 152 Å². The second-order valence-electron chi connectivity index (χ2n) is 6.82. The molecule has 0 bridgehead atoms. The molecule has 0 saturated heterocycles. The number of Topliss-reactive ketones (excluding diaryl/α,β-unsaturated/α-hetero) is 1. The number of ether oxygens (including phenoxy) is 1. The summed E-state index contributed by atoms with van der Waals surface area (Å²) in [6, 6.07) is 17.8. The SMILES string of the molecule is O=C1CC(c2ccc(OCc3ccccc3)cc2)C2=C(CCCC2=O)N1. The van der Waals surface area contributed by atoms with Crippen LogP contribution in [0.5, 0.6) is 5.75 Å². The van der Waals surface area contributed by atoms with Crippen LogP contribution < -0.4 is 10.1 Å². The molecule has 1 heterocycles. The van der Waals surface area contributed by atoms with Gasteiger partial charge < -0.3 is 10.1 Å². The van der Waals surface area contributed by atoms with Gasteiger partial charge in [-0.15, -0.1) is 0 Å². The van der Waals surface area contributed by atoms with Gasteiger partial charge in [-0.2, -0.15) is 0 Å². The Morgan fingerprint density at radius 2 is 1.73 bits per heavy atom. The number of carbonyl (C=O) groups excluding carboxylic acids is 2. The summed E-state index contributed by atoms with van der Waals surface area (Å²) in [5.74, 6) is 0.797. The normalized spacial score (nSPS) is 19.8. The van der Waals surface area contributed by atoms with Gasteiger partial charge in [-0.05, 0) is 36.1 Å². The summed E-state index contributed by atoms with van der Waals surface area (Å²) in [5, 5.41) is 2.89. The van der Waals surface area contributed by atoms with Crippen LogP contribution in [0.3, 0.4) is 0 Å². The van der Waals surface area contributed by atoms with E-state index in [0.717, 1.165) is 41.0 Å². The number of ketones is 1. The topological polar surface area (TPSA) is 55.4 Å². The van der Waals surface area contributed by atoms with E-state index in [1.807, 2.05) is 54.6 Å². The Morgan fingerprint density at radius 3 is 2.50 bits per heavy atom. The van der Waals surface area contributed by atoms with Gasteiger partial charge in [-0.1, -0.05) is 42.5 Å². The fourth-order valence-corrected chi connectivity index (χ4v) is 3.73. The second-order valence-corrected chi connectivity index (χ2v) is 6.82. The van der Waals surface area contributed by atoms with E-state index in [9.17, 15) is 9.59 Å². The lowest BCUT2D eigenvalue weighted by Crippen LogP contribution is -2.36. The van der Waals surface area contributed by atoms with Crippen LogP contribution in [-0.4, -0.2) is 11.7 Å². The lowest BCUT2D eigenvalue weighted by Gasteiger charge is -2.31. The maximum Gasteiger partial charge on any atom is 0.225 e. The zero-order valence-electron chi connectivity index (χ0n) is 14.5. The molecular formula is C22H21NO3. The first kappa shape index (κ1) is 16.6. The Bertz CT molecular complexity index is 853. The summed E-state index contributed by atoms with van der Waals surface area (Å²) in [6.07, 6.45) is 2.50. The first-order valence-corrected chi connectivity index (χ1v) is 9.03. The molecular weight excluding hydrogens is 326 g/mol. The third-order valence-electron chi connectivity index (χ3n) is 5.02. The van der Waals surface area contributed by atoms with Gasteiger partial charge in [0.15, 0.2) is 5.78 Å². The van der Waals surface area contributed by atoms with Crippen molar-refractivity contribution >= 4 is 11.7 Å². The van der Waals surface area contributed by atoms with E-state index in [2.05, 4.69) is 5.32 Å². The number of rotatable bonds is 4. The van der Waals surface area contributed by atoms with Crippen LogP contribution in [0.15, 0.2) is 65.9 Å². The number of benzene rings is 2. The maximum absolute atomic E-state index is 12.4. The van der Waals surface area contributed by atoms with Crippen LogP contribution in [0.25, 0.3) is 0 Å². The molecule has 4 rings (SSSR count). The van der Waals surface area contributed by atoms with Crippen molar-refractivity contribution in [2.45, 2.75) is 38.2 Å². The molecule has 2 aliphatic rings. The molecule has 4 nitrogen and oxygen atoms in total. The minimum Gasteiger partial charge on any atom is -0.489 e. The third kappa shape index (κ3) is 3.40. The highest BCUT2D eigenvalue weighted by atomic mass is 16.5. The predicted octanol–water partition coefficient (Wildman–Crippen LogP) is 3.88. The molecule has 0 radical (unpaired) electrons. The number of hydrogen-bond donors (Lipinski definition) is 1. The Hall–Kier alpha value is -2.88. The molecule has 1 N–H and O–H groups in total. The molecule has 0 aromatic heterocycles. The molecule has 2 aromatic carbocycles. The predicted molar refractivity (Wildman–Crippen MR) is 98.6 cm³/mol. The third-order valence-corrected chi connectivity index (χ3v) is 5.02. The zero-order chi connectivity index (χ0) is 17.9. The van der Waals surface area contributed by atoms with E-state index < -0.39 is 0 Å². The molecule has 4 heteroatoms. The zero-order valence-corrected chi connectivity index (χ0v) is 14.5. The molecule has 1 amide bonds. The minimum absolute atomic E-state index is 0.00662. The van der Waals surface area contributed by atoms with E-state index in [1.165, 1.54) is 0 Å². The number of amides is 1. The Kier molecular flexibility index (Phi) is 4.57. The number of hydrogen-bond acceptors (Lipinski definition) is 3. The summed E-state index contributed by atoms with van der Waals surface area (Å²) >= 11 is 0. The summed E-state index contributed by atoms with van der Waals surface area (Å²) in [4.78, 5) is 24.5. The highest BCUT2D eigenvalue weighted by molar-refractivity contribution is 6.01. The van der Waals surface area contributed by atoms with Crippen molar-refractivity contribution in [2.75, 3.05) is 0 Å². The molecule has 0 spiro atoms. The van der Waals surface area contributed by atoms with E-state index in [4.69, 9.17) is 4.74 Å². The van der Waals surface area contributed by atoms with Gasteiger partial charge in [0.1, 0.15) is 12.4 Å². The molecule has 26 heavy (non-hydrogen) atoms. The van der Waals surface area contributed by atoms with Gasteiger partial charge in [0, 0.05) is 30.0 Å². The number of allylic oxidation sites excluding steroid dienone is 2. The maximum atomic E-state index is 12.4.